The molecule has 2 atom stereocenters. The van der Waals surface area contributed by atoms with Crippen LogP contribution in [0.5, 0.6) is 5.75 Å². The van der Waals surface area contributed by atoms with Gasteiger partial charge < -0.3 is 15.0 Å². The predicted octanol–water partition coefficient (Wildman–Crippen LogP) is 4.71. The van der Waals surface area contributed by atoms with Crippen molar-refractivity contribution in [3.05, 3.63) is 57.7 Å². The molecule has 0 saturated carbocycles. The first-order valence-electron chi connectivity index (χ1n) is 9.55. The van der Waals surface area contributed by atoms with Gasteiger partial charge in [-0.15, -0.1) is 0 Å². The number of likely N-dealkylation sites (tertiary alicyclic amines) is 1. The van der Waals surface area contributed by atoms with E-state index in [0.717, 1.165) is 22.1 Å². The maximum absolute atomic E-state index is 12.5. The Morgan fingerprint density at radius 3 is 2.36 bits per heavy atom. The first-order valence-corrected chi connectivity index (χ1v) is 10.6. The van der Waals surface area contributed by atoms with Crippen LogP contribution in [0.1, 0.15) is 43.5 Å². The van der Waals surface area contributed by atoms with E-state index < -0.39 is 0 Å². The van der Waals surface area contributed by atoms with Crippen LogP contribution < -0.4 is 10.1 Å². The number of anilines is 1. The Morgan fingerprint density at radius 1 is 1.07 bits per heavy atom. The molecule has 1 aliphatic rings. The topological polar surface area (TPSA) is 58.6 Å². The molecule has 28 heavy (non-hydrogen) atoms. The highest BCUT2D eigenvalue weighted by Crippen LogP contribution is 2.23. The van der Waals surface area contributed by atoms with Crippen molar-refractivity contribution in [2.45, 2.75) is 45.2 Å². The van der Waals surface area contributed by atoms with Crippen LogP contribution in [0.4, 0.5) is 5.69 Å². The number of nitrogens with one attached hydrogen (secondary N) is 1. The number of piperidine rings is 1. The average molecular weight is 492 g/mol. The van der Waals surface area contributed by atoms with Gasteiger partial charge in [0.2, 0.25) is 0 Å². The minimum absolute atomic E-state index is 0.0140. The third-order valence-corrected chi connectivity index (χ3v) is 6.02. The lowest BCUT2D eigenvalue weighted by atomic mass is 9.97. The number of carbonyl (C=O) groups is 2. The van der Waals surface area contributed by atoms with Gasteiger partial charge in [-0.3, -0.25) is 9.59 Å². The molecule has 0 bridgehead atoms. The molecule has 1 saturated heterocycles. The Labute approximate surface area is 179 Å². The van der Waals surface area contributed by atoms with E-state index in [-0.39, 0.29) is 30.5 Å². The van der Waals surface area contributed by atoms with Crippen LogP contribution in [0, 0.1) is 3.57 Å². The highest BCUT2D eigenvalue weighted by molar-refractivity contribution is 14.1. The van der Waals surface area contributed by atoms with Gasteiger partial charge in [-0.05, 0) is 92.1 Å². The molecule has 1 aliphatic heterocycles. The third-order valence-electron chi connectivity index (χ3n) is 5.08. The Kier molecular flexibility index (Phi) is 6.93. The number of nitrogens with zero attached hydrogens (tertiary/aromatic N) is 1. The lowest BCUT2D eigenvalue weighted by molar-refractivity contribution is -0.139. The molecule has 3 rings (SSSR count). The highest BCUT2D eigenvalue weighted by Gasteiger charge is 2.28. The fourth-order valence-corrected chi connectivity index (χ4v) is 4.11. The summed E-state index contributed by atoms with van der Waals surface area (Å²) in [5.41, 5.74) is 1.32. The molecule has 1 fully saturated rings. The lowest BCUT2D eigenvalue weighted by Gasteiger charge is -2.38. The molecular weight excluding hydrogens is 467 g/mol. The smallest absolute Gasteiger partial charge is 0.260 e. The Balaban J connectivity index is 1.56. The molecule has 2 aromatic rings. The summed E-state index contributed by atoms with van der Waals surface area (Å²) in [7, 11) is 0. The van der Waals surface area contributed by atoms with Crippen molar-refractivity contribution >= 4 is 40.1 Å². The van der Waals surface area contributed by atoms with Gasteiger partial charge in [0.05, 0.1) is 5.69 Å². The van der Waals surface area contributed by atoms with E-state index in [9.17, 15) is 9.59 Å². The number of carbonyl (C=O) groups excluding carboxylic acids is 2. The van der Waals surface area contributed by atoms with Gasteiger partial charge in [0.1, 0.15) is 5.75 Å². The molecule has 0 aliphatic carbocycles. The molecule has 2 aromatic carbocycles. The van der Waals surface area contributed by atoms with Gasteiger partial charge in [0.15, 0.2) is 6.61 Å². The van der Waals surface area contributed by atoms with Gasteiger partial charge in [0, 0.05) is 21.2 Å². The second-order valence-electron chi connectivity index (χ2n) is 7.18. The van der Waals surface area contributed by atoms with Crippen molar-refractivity contribution < 1.29 is 14.3 Å². The molecule has 148 valence electrons. The molecule has 1 N–H and O–H groups in total. The van der Waals surface area contributed by atoms with E-state index in [1.165, 1.54) is 6.42 Å². The van der Waals surface area contributed by atoms with Crippen LogP contribution in [0.3, 0.4) is 0 Å². The maximum Gasteiger partial charge on any atom is 0.260 e. The van der Waals surface area contributed by atoms with E-state index in [2.05, 4.69) is 41.8 Å². The fourth-order valence-electron chi connectivity index (χ4n) is 3.59. The molecule has 2 unspecified atom stereocenters. The molecule has 0 radical (unpaired) electrons. The summed E-state index contributed by atoms with van der Waals surface area (Å²) in [4.78, 5) is 26.9. The zero-order valence-corrected chi connectivity index (χ0v) is 18.3. The number of halogens is 1. The minimum Gasteiger partial charge on any atom is -0.484 e. The molecule has 0 spiro atoms. The zero-order chi connectivity index (χ0) is 20.1. The van der Waals surface area contributed by atoms with Crippen molar-refractivity contribution in [3.63, 3.8) is 0 Å². The summed E-state index contributed by atoms with van der Waals surface area (Å²) >= 11 is 2.19. The van der Waals surface area contributed by atoms with Gasteiger partial charge in [-0.2, -0.15) is 0 Å². The number of ether oxygens (including phenoxy) is 1. The quantitative estimate of drug-likeness (QED) is 0.616. The van der Waals surface area contributed by atoms with Gasteiger partial charge >= 0.3 is 0 Å². The number of benzene rings is 2. The van der Waals surface area contributed by atoms with E-state index in [1.807, 2.05) is 29.2 Å². The van der Waals surface area contributed by atoms with Crippen LogP contribution in [0.15, 0.2) is 48.5 Å². The van der Waals surface area contributed by atoms with Crippen molar-refractivity contribution in [2.75, 3.05) is 11.9 Å². The summed E-state index contributed by atoms with van der Waals surface area (Å²) < 4.78 is 6.65. The maximum atomic E-state index is 12.5. The summed E-state index contributed by atoms with van der Waals surface area (Å²) in [5, 5.41) is 2.90. The molecule has 0 aromatic heterocycles. The normalized spacial score (nSPS) is 19.2. The number of amides is 2. The number of hydrogen-bond acceptors (Lipinski definition) is 3. The largest absolute Gasteiger partial charge is 0.484 e. The summed E-state index contributed by atoms with van der Waals surface area (Å²) in [6, 6.07) is 15.0. The van der Waals surface area contributed by atoms with E-state index in [0.29, 0.717) is 11.3 Å². The van der Waals surface area contributed by atoms with Crippen LogP contribution in [0.2, 0.25) is 0 Å². The standard InChI is InChI=1S/C22H25IN2O3/c1-15-6-5-7-16(2)25(15)21(26)14-28-18-12-10-17(11-13-18)22(27)24-20-9-4-3-8-19(20)23/h3-4,8-13,15-16H,5-7,14H2,1-2H3,(H,24,27). The number of hydrogen-bond donors (Lipinski definition) is 1. The van der Waals surface area contributed by atoms with Crippen LogP contribution in [-0.2, 0) is 4.79 Å². The highest BCUT2D eigenvalue weighted by atomic mass is 127. The second-order valence-corrected chi connectivity index (χ2v) is 8.34. The Bertz CT molecular complexity index is 828. The molecule has 6 heteroatoms. The van der Waals surface area contributed by atoms with Gasteiger partial charge in [-0.25, -0.2) is 0 Å². The number of rotatable bonds is 5. The monoisotopic (exact) mass is 492 g/mol. The van der Waals surface area contributed by atoms with Crippen molar-refractivity contribution in [1.82, 2.24) is 4.90 Å². The zero-order valence-electron chi connectivity index (χ0n) is 16.2. The Morgan fingerprint density at radius 2 is 1.71 bits per heavy atom. The molecular formula is C22H25IN2O3. The summed E-state index contributed by atoms with van der Waals surface area (Å²) in [5.74, 6) is 0.416. The first kappa shape index (κ1) is 20.6. The van der Waals surface area contributed by atoms with Crippen LogP contribution in [-0.4, -0.2) is 35.4 Å². The van der Waals surface area contributed by atoms with E-state index in [4.69, 9.17) is 4.74 Å². The first-order chi connectivity index (χ1) is 13.5. The molecule has 5 nitrogen and oxygen atoms in total. The van der Waals surface area contributed by atoms with E-state index in [1.54, 1.807) is 24.3 Å². The second kappa shape index (κ2) is 9.41. The molecule has 2 amide bonds. The van der Waals surface area contributed by atoms with Gasteiger partial charge in [-0.1, -0.05) is 12.1 Å². The third kappa shape index (κ3) is 5.04. The van der Waals surface area contributed by atoms with Crippen LogP contribution in [0.25, 0.3) is 0 Å². The summed E-state index contributed by atoms with van der Waals surface area (Å²) in [6.07, 6.45) is 3.25. The van der Waals surface area contributed by atoms with Crippen molar-refractivity contribution in [3.8, 4) is 5.75 Å². The van der Waals surface area contributed by atoms with Crippen molar-refractivity contribution in [2.24, 2.45) is 0 Å². The minimum atomic E-state index is -0.178. The van der Waals surface area contributed by atoms with Gasteiger partial charge in [0.25, 0.3) is 11.8 Å². The van der Waals surface area contributed by atoms with Crippen LogP contribution >= 0.6 is 22.6 Å². The van der Waals surface area contributed by atoms with Crippen molar-refractivity contribution in [1.29, 1.82) is 0 Å². The number of para-hydroxylation sites is 1. The SMILES string of the molecule is CC1CCCC(C)N1C(=O)COc1ccc(C(=O)Nc2ccccc2I)cc1. The predicted molar refractivity (Wildman–Crippen MR) is 119 cm³/mol. The van der Waals surface area contributed by atoms with E-state index >= 15 is 0 Å². The lowest BCUT2D eigenvalue weighted by Crippen LogP contribution is -2.49. The average Bonchev–Trinajstić information content (AvgIpc) is 2.68. The Hall–Kier alpha value is -2.09. The molecule has 1 heterocycles. The summed E-state index contributed by atoms with van der Waals surface area (Å²) in [6.45, 7) is 4.20. The fraction of sp³-hybridized carbons (Fsp3) is 0.364.